The van der Waals surface area contributed by atoms with Gasteiger partial charge in [0.15, 0.2) is 0 Å². The molecule has 0 spiro atoms. The fraction of sp³-hybridized carbons (Fsp3) is 0.200. The number of aromatic hydroxyl groups is 1. The first-order chi connectivity index (χ1) is 9.08. The molecule has 2 N–H and O–H groups in total. The first-order valence-corrected chi connectivity index (χ1v) is 6.43. The molecule has 3 nitrogen and oxygen atoms in total. The number of para-hydroxylation sites is 2. The van der Waals surface area contributed by atoms with Gasteiger partial charge < -0.3 is 15.3 Å². The lowest BCUT2D eigenvalue weighted by Crippen LogP contribution is -2.12. The molecule has 0 atom stereocenters. The van der Waals surface area contributed by atoms with E-state index in [1.165, 1.54) is 0 Å². The van der Waals surface area contributed by atoms with Crippen molar-refractivity contribution in [2.45, 2.75) is 6.54 Å². The van der Waals surface area contributed by atoms with Crippen LogP contribution in [-0.4, -0.2) is 19.2 Å². The average Bonchev–Trinajstić information content (AvgIpc) is 2.40. The summed E-state index contributed by atoms with van der Waals surface area (Å²) in [5, 5.41) is 13.7. The predicted molar refractivity (Wildman–Crippen MR) is 81.2 cm³/mol. The Balaban J connectivity index is 2.17. The number of rotatable bonds is 4. The van der Waals surface area contributed by atoms with Crippen LogP contribution >= 0.6 is 11.6 Å². The van der Waals surface area contributed by atoms with Crippen molar-refractivity contribution in [2.24, 2.45) is 0 Å². The third-order valence-corrected chi connectivity index (χ3v) is 3.13. The average molecular weight is 277 g/mol. The molecule has 0 saturated heterocycles. The Bertz CT molecular complexity index is 570. The van der Waals surface area contributed by atoms with Crippen LogP contribution < -0.4 is 10.2 Å². The standard InChI is InChI=1S/C15H17ClN2O/c1-18(2)14-6-4-3-5-13(14)17-10-11-9-12(16)7-8-15(11)19/h3-9,17,19H,10H2,1-2H3. The van der Waals surface area contributed by atoms with E-state index in [1.54, 1.807) is 18.2 Å². The van der Waals surface area contributed by atoms with Crippen molar-refractivity contribution in [3.05, 3.63) is 53.1 Å². The summed E-state index contributed by atoms with van der Waals surface area (Å²) in [6.07, 6.45) is 0. The molecule has 0 aliphatic rings. The third kappa shape index (κ3) is 3.32. The molecule has 0 radical (unpaired) electrons. The van der Waals surface area contributed by atoms with Gasteiger partial charge >= 0.3 is 0 Å². The van der Waals surface area contributed by atoms with Crippen LogP contribution in [0.1, 0.15) is 5.56 Å². The molecule has 0 aliphatic heterocycles. The largest absolute Gasteiger partial charge is 0.508 e. The summed E-state index contributed by atoms with van der Waals surface area (Å²) in [5.74, 6) is 0.249. The van der Waals surface area contributed by atoms with E-state index in [4.69, 9.17) is 11.6 Å². The van der Waals surface area contributed by atoms with E-state index < -0.39 is 0 Å². The lowest BCUT2D eigenvalue weighted by Gasteiger charge is -2.18. The first kappa shape index (κ1) is 13.6. The van der Waals surface area contributed by atoms with Crippen LogP contribution in [0, 0.1) is 0 Å². The highest BCUT2D eigenvalue weighted by Gasteiger charge is 2.05. The summed E-state index contributed by atoms with van der Waals surface area (Å²) in [5.41, 5.74) is 2.90. The maximum Gasteiger partial charge on any atom is 0.120 e. The van der Waals surface area contributed by atoms with Gasteiger partial charge in [-0.05, 0) is 30.3 Å². The number of halogens is 1. The van der Waals surface area contributed by atoms with Gasteiger partial charge in [-0.25, -0.2) is 0 Å². The molecule has 4 heteroatoms. The molecule has 2 aromatic rings. The second-order valence-electron chi connectivity index (χ2n) is 4.54. The highest BCUT2D eigenvalue weighted by Crippen LogP contribution is 2.26. The SMILES string of the molecule is CN(C)c1ccccc1NCc1cc(Cl)ccc1O. The molecule has 0 bridgehead atoms. The van der Waals surface area contributed by atoms with Crippen LogP contribution in [0.2, 0.25) is 5.02 Å². The molecule has 0 amide bonds. The summed E-state index contributed by atoms with van der Waals surface area (Å²) in [4.78, 5) is 2.04. The smallest absolute Gasteiger partial charge is 0.120 e. The van der Waals surface area contributed by atoms with Crippen molar-refractivity contribution in [1.82, 2.24) is 0 Å². The van der Waals surface area contributed by atoms with Gasteiger partial charge in [0, 0.05) is 31.2 Å². The molecular formula is C15H17ClN2O. The number of anilines is 2. The molecule has 0 saturated carbocycles. The van der Waals surface area contributed by atoms with Crippen molar-refractivity contribution >= 4 is 23.0 Å². The zero-order valence-corrected chi connectivity index (χ0v) is 11.8. The van der Waals surface area contributed by atoms with E-state index in [0.29, 0.717) is 11.6 Å². The van der Waals surface area contributed by atoms with E-state index in [9.17, 15) is 5.11 Å². The molecule has 2 aromatic carbocycles. The quantitative estimate of drug-likeness (QED) is 0.893. The van der Waals surface area contributed by atoms with E-state index in [1.807, 2.05) is 43.3 Å². The van der Waals surface area contributed by atoms with Crippen molar-refractivity contribution < 1.29 is 5.11 Å². The van der Waals surface area contributed by atoms with Crippen LogP contribution in [0.3, 0.4) is 0 Å². The van der Waals surface area contributed by atoms with Gasteiger partial charge in [-0.15, -0.1) is 0 Å². The highest BCUT2D eigenvalue weighted by molar-refractivity contribution is 6.30. The van der Waals surface area contributed by atoms with Gasteiger partial charge in [0.1, 0.15) is 5.75 Å². The number of phenols is 1. The molecule has 0 aliphatic carbocycles. The fourth-order valence-corrected chi connectivity index (χ4v) is 2.09. The zero-order valence-electron chi connectivity index (χ0n) is 11.0. The fourth-order valence-electron chi connectivity index (χ4n) is 1.90. The molecule has 0 heterocycles. The van der Waals surface area contributed by atoms with Gasteiger partial charge in [0.25, 0.3) is 0 Å². The van der Waals surface area contributed by atoms with Crippen molar-refractivity contribution in [2.75, 3.05) is 24.3 Å². The van der Waals surface area contributed by atoms with E-state index in [2.05, 4.69) is 5.32 Å². The monoisotopic (exact) mass is 276 g/mol. The second kappa shape index (κ2) is 5.85. The summed E-state index contributed by atoms with van der Waals surface area (Å²) >= 11 is 5.93. The van der Waals surface area contributed by atoms with Crippen LogP contribution in [0.25, 0.3) is 0 Å². The van der Waals surface area contributed by atoms with Crippen LogP contribution in [0.5, 0.6) is 5.75 Å². The second-order valence-corrected chi connectivity index (χ2v) is 4.97. The first-order valence-electron chi connectivity index (χ1n) is 6.05. The minimum Gasteiger partial charge on any atom is -0.508 e. The Labute approximate surface area is 118 Å². The summed E-state index contributed by atoms with van der Waals surface area (Å²) in [6, 6.07) is 13.1. The molecule has 0 aromatic heterocycles. The molecular weight excluding hydrogens is 260 g/mol. The van der Waals surface area contributed by atoms with Crippen LogP contribution in [0.15, 0.2) is 42.5 Å². The number of phenolic OH excluding ortho intramolecular Hbond substituents is 1. The number of nitrogens with zero attached hydrogens (tertiary/aromatic N) is 1. The summed E-state index contributed by atoms with van der Waals surface area (Å²) < 4.78 is 0. The maximum atomic E-state index is 9.78. The Kier molecular flexibility index (Phi) is 4.17. The zero-order chi connectivity index (χ0) is 13.8. The molecule has 100 valence electrons. The normalized spacial score (nSPS) is 10.3. The Morgan fingerprint density at radius 2 is 1.89 bits per heavy atom. The lowest BCUT2D eigenvalue weighted by molar-refractivity contribution is 0.469. The van der Waals surface area contributed by atoms with Gasteiger partial charge in [-0.2, -0.15) is 0 Å². The number of hydrogen-bond donors (Lipinski definition) is 2. The highest BCUT2D eigenvalue weighted by atomic mass is 35.5. The van der Waals surface area contributed by atoms with Crippen molar-refractivity contribution in [3.63, 3.8) is 0 Å². The molecule has 0 unspecified atom stereocenters. The van der Waals surface area contributed by atoms with E-state index in [0.717, 1.165) is 16.9 Å². The Hall–Kier alpha value is -1.87. The van der Waals surface area contributed by atoms with Gasteiger partial charge in [-0.3, -0.25) is 0 Å². The van der Waals surface area contributed by atoms with Crippen molar-refractivity contribution in [1.29, 1.82) is 0 Å². The topological polar surface area (TPSA) is 35.5 Å². The minimum absolute atomic E-state index is 0.249. The van der Waals surface area contributed by atoms with Crippen LogP contribution in [-0.2, 0) is 6.54 Å². The van der Waals surface area contributed by atoms with E-state index >= 15 is 0 Å². The third-order valence-electron chi connectivity index (χ3n) is 2.90. The predicted octanol–water partition coefficient (Wildman–Crippen LogP) is 3.72. The molecule has 2 rings (SSSR count). The van der Waals surface area contributed by atoms with Crippen molar-refractivity contribution in [3.8, 4) is 5.75 Å². The summed E-state index contributed by atoms with van der Waals surface area (Å²) in [6.45, 7) is 0.525. The Morgan fingerprint density at radius 3 is 2.63 bits per heavy atom. The Morgan fingerprint density at radius 1 is 1.16 bits per heavy atom. The number of benzene rings is 2. The molecule has 19 heavy (non-hydrogen) atoms. The number of hydrogen-bond acceptors (Lipinski definition) is 3. The molecule has 0 fully saturated rings. The van der Waals surface area contributed by atoms with E-state index in [-0.39, 0.29) is 5.75 Å². The lowest BCUT2D eigenvalue weighted by atomic mass is 10.2. The minimum atomic E-state index is 0.249. The summed E-state index contributed by atoms with van der Waals surface area (Å²) in [7, 11) is 3.99. The van der Waals surface area contributed by atoms with Gasteiger partial charge in [0.05, 0.1) is 11.4 Å². The van der Waals surface area contributed by atoms with Gasteiger partial charge in [-0.1, -0.05) is 23.7 Å². The maximum absolute atomic E-state index is 9.78. The van der Waals surface area contributed by atoms with Gasteiger partial charge in [0.2, 0.25) is 0 Å². The van der Waals surface area contributed by atoms with Crippen LogP contribution in [0.4, 0.5) is 11.4 Å². The number of nitrogens with one attached hydrogen (secondary N) is 1.